The molecule has 11 atom stereocenters. The third-order valence-electron chi connectivity index (χ3n) is 14.6. The van der Waals surface area contributed by atoms with Gasteiger partial charge in [-0.2, -0.15) is 0 Å². The number of benzene rings is 1. The summed E-state index contributed by atoms with van der Waals surface area (Å²) in [5.41, 5.74) is -7.50. The fourth-order valence-corrected chi connectivity index (χ4v) is 11.6. The smallest absolute Gasteiger partial charge is 0.408 e. The van der Waals surface area contributed by atoms with Crippen molar-refractivity contribution < 1.29 is 72.5 Å². The van der Waals surface area contributed by atoms with Crippen LogP contribution in [-0.2, 0) is 47.6 Å². The minimum atomic E-state index is -2.38. The first-order valence-corrected chi connectivity index (χ1v) is 22.5. The zero-order valence-electron chi connectivity index (χ0n) is 35.9. The number of ether oxygens (including phenoxy) is 6. The highest BCUT2D eigenvalue weighted by molar-refractivity contribution is 7.10. The first-order valence-electron chi connectivity index (χ1n) is 21.7. The number of nitrogens with one attached hydrogen (secondary N) is 1. The second-order valence-corrected chi connectivity index (χ2v) is 19.7. The Balaban J connectivity index is 1.26. The maximum atomic E-state index is 15.7. The number of alkyl carbamates (subject to hydrolysis) is 1. The molecule has 340 valence electrons. The molecule has 1 aromatic carbocycles. The summed E-state index contributed by atoms with van der Waals surface area (Å²) < 4.78 is 36.3. The summed E-state index contributed by atoms with van der Waals surface area (Å²) in [5.74, 6) is -6.44. The Bertz CT molecular complexity index is 2160. The van der Waals surface area contributed by atoms with Crippen LogP contribution in [0.2, 0.25) is 0 Å². The zero-order valence-corrected chi connectivity index (χ0v) is 36.7. The molecule has 1 aromatic heterocycles. The third-order valence-corrected chi connectivity index (χ3v) is 15.5. The summed E-state index contributed by atoms with van der Waals surface area (Å²) in [6, 6.07) is 9.90. The van der Waals surface area contributed by atoms with Gasteiger partial charge in [0.1, 0.15) is 36.1 Å². The number of amides is 1. The van der Waals surface area contributed by atoms with Crippen molar-refractivity contribution >= 4 is 47.1 Å². The van der Waals surface area contributed by atoms with Crippen LogP contribution < -0.4 is 5.32 Å². The van der Waals surface area contributed by atoms with Crippen molar-refractivity contribution in [2.24, 2.45) is 22.7 Å². The lowest BCUT2D eigenvalue weighted by molar-refractivity contribution is -0.346. The topological polar surface area (TPSA) is 231 Å². The average Bonchev–Trinajstić information content (AvgIpc) is 3.70. The molecular weight excluding hydrogens is 839 g/mol. The molecule has 2 heterocycles. The van der Waals surface area contributed by atoms with Crippen molar-refractivity contribution in [2.45, 2.75) is 146 Å². The lowest BCUT2D eigenvalue weighted by atomic mass is 9.44. The Morgan fingerprint density at radius 3 is 2.24 bits per heavy atom. The van der Waals surface area contributed by atoms with E-state index >= 15 is 4.79 Å². The second kappa shape index (κ2) is 16.7. The first kappa shape index (κ1) is 44.9. The van der Waals surface area contributed by atoms with E-state index in [1.807, 2.05) is 0 Å². The molecule has 2 bridgehead atoms. The van der Waals surface area contributed by atoms with Gasteiger partial charge in [0.15, 0.2) is 23.6 Å². The minimum absolute atomic E-state index is 0.0387. The Hall–Kier alpha value is -4.68. The molecule has 17 heteroatoms. The highest BCUT2D eigenvalue weighted by atomic mass is 32.1. The number of aliphatic hydroxyl groups excluding tert-OH is 2. The van der Waals surface area contributed by atoms with E-state index in [1.165, 1.54) is 37.3 Å². The maximum Gasteiger partial charge on any atom is 0.408 e. The molecule has 4 N–H and O–H groups in total. The van der Waals surface area contributed by atoms with Crippen LogP contribution >= 0.6 is 11.3 Å². The van der Waals surface area contributed by atoms with Crippen LogP contribution in [0.3, 0.4) is 0 Å². The van der Waals surface area contributed by atoms with Crippen LogP contribution in [0.5, 0.6) is 0 Å². The van der Waals surface area contributed by atoms with Gasteiger partial charge < -0.3 is 49.1 Å². The van der Waals surface area contributed by atoms with E-state index in [2.05, 4.69) is 5.32 Å². The summed E-state index contributed by atoms with van der Waals surface area (Å²) in [5, 5.41) is 42.0. The van der Waals surface area contributed by atoms with Gasteiger partial charge in [-0.05, 0) is 87.1 Å². The molecule has 1 saturated heterocycles. The van der Waals surface area contributed by atoms with Gasteiger partial charge in [0.05, 0.1) is 35.5 Å². The molecule has 3 unspecified atom stereocenters. The summed E-state index contributed by atoms with van der Waals surface area (Å²) >= 11 is 1.17. The normalized spacial score (nSPS) is 34.4. The molecule has 6 aliphatic rings. The van der Waals surface area contributed by atoms with Crippen molar-refractivity contribution in [3.05, 3.63) is 69.4 Å². The van der Waals surface area contributed by atoms with Crippen molar-refractivity contribution in [1.82, 2.24) is 5.32 Å². The van der Waals surface area contributed by atoms with Gasteiger partial charge in [-0.15, -0.1) is 11.3 Å². The number of rotatable bonds is 11. The quantitative estimate of drug-likeness (QED) is 0.139. The number of Topliss-reactive ketones (excluding diaryl/α,β-unsaturated/α-hetero) is 1. The third kappa shape index (κ3) is 7.66. The Labute approximate surface area is 368 Å². The summed E-state index contributed by atoms with van der Waals surface area (Å²) in [6.07, 6.45) is -7.29. The van der Waals surface area contributed by atoms with Crippen LogP contribution in [0.15, 0.2) is 59.0 Å². The fraction of sp³-hybridized carbons (Fsp3) is 0.609. The molecule has 1 amide bonds. The van der Waals surface area contributed by atoms with Crippen LogP contribution in [0.1, 0.15) is 107 Å². The molecule has 63 heavy (non-hydrogen) atoms. The largest absolute Gasteiger partial charge is 0.456 e. The van der Waals surface area contributed by atoms with Crippen LogP contribution in [0, 0.1) is 22.7 Å². The van der Waals surface area contributed by atoms with E-state index < -0.39 is 119 Å². The molecule has 8 rings (SSSR count). The SMILES string of the molecule is CC(=O)O[C@@]12CO[C@@H]1CC(O)[C@@]1(C)C(=O)C(OC(=O)C3CC3)C3=C(C)[C@@H](OC(=O)[C@H](O)[C@@H](NC(=O)OC4CCCC4)c4cccs4)C[C@@](O)([C@@H](OC(=O)c4ccccc4)C12)C3(C)C. The lowest BCUT2D eigenvalue weighted by Crippen LogP contribution is -2.82. The van der Waals surface area contributed by atoms with E-state index in [0.717, 1.165) is 12.8 Å². The van der Waals surface area contributed by atoms with Crippen LogP contribution in [0.25, 0.3) is 0 Å². The Morgan fingerprint density at radius 1 is 0.937 bits per heavy atom. The van der Waals surface area contributed by atoms with Gasteiger partial charge in [-0.25, -0.2) is 14.4 Å². The number of hydrogen-bond acceptors (Lipinski definition) is 16. The molecule has 16 nitrogen and oxygen atoms in total. The highest BCUT2D eigenvalue weighted by Crippen LogP contribution is 2.64. The van der Waals surface area contributed by atoms with E-state index in [0.29, 0.717) is 30.6 Å². The maximum absolute atomic E-state index is 15.7. The van der Waals surface area contributed by atoms with Crippen molar-refractivity contribution in [1.29, 1.82) is 0 Å². The molecule has 2 aromatic rings. The van der Waals surface area contributed by atoms with Gasteiger partial charge in [0.25, 0.3) is 0 Å². The van der Waals surface area contributed by atoms with Gasteiger partial charge in [-0.3, -0.25) is 14.4 Å². The van der Waals surface area contributed by atoms with Crippen molar-refractivity contribution in [3.8, 4) is 0 Å². The monoisotopic (exact) mass is 893 g/mol. The van der Waals surface area contributed by atoms with Gasteiger partial charge in [0.2, 0.25) is 0 Å². The molecule has 0 spiro atoms. The molecular formula is C46H55NO15S. The molecule has 1 aliphatic heterocycles. The molecule has 5 aliphatic carbocycles. The Kier molecular flexibility index (Phi) is 11.9. The molecule has 0 radical (unpaired) electrons. The fourth-order valence-electron chi connectivity index (χ4n) is 10.8. The van der Waals surface area contributed by atoms with Crippen molar-refractivity contribution in [2.75, 3.05) is 6.61 Å². The number of aliphatic hydroxyl groups is 3. The zero-order chi connectivity index (χ0) is 45.2. The highest BCUT2D eigenvalue weighted by Gasteiger charge is 2.78. The lowest BCUT2D eigenvalue weighted by Gasteiger charge is -2.67. The molecule has 4 saturated carbocycles. The number of fused-ring (bicyclic) bond motifs is 5. The number of hydrogen-bond donors (Lipinski definition) is 4. The van der Waals surface area contributed by atoms with E-state index in [4.69, 9.17) is 28.4 Å². The van der Waals surface area contributed by atoms with Crippen molar-refractivity contribution in [3.63, 3.8) is 0 Å². The summed E-state index contributed by atoms with van der Waals surface area (Å²) in [7, 11) is 0. The minimum Gasteiger partial charge on any atom is -0.456 e. The van der Waals surface area contributed by atoms with Gasteiger partial charge in [-0.1, -0.05) is 38.1 Å². The van der Waals surface area contributed by atoms with E-state index in [1.54, 1.807) is 56.5 Å². The van der Waals surface area contributed by atoms with E-state index in [-0.39, 0.29) is 35.8 Å². The number of carbonyl (C=O) groups excluding carboxylic acids is 6. The first-order chi connectivity index (χ1) is 29.8. The predicted octanol–water partition coefficient (Wildman–Crippen LogP) is 4.43. The summed E-state index contributed by atoms with van der Waals surface area (Å²) in [4.78, 5) is 84.6. The summed E-state index contributed by atoms with van der Waals surface area (Å²) in [6.45, 7) is 7.04. The molecule has 5 fully saturated rings. The average molecular weight is 894 g/mol. The van der Waals surface area contributed by atoms with Gasteiger partial charge in [0, 0.05) is 30.1 Å². The van der Waals surface area contributed by atoms with Crippen LogP contribution in [0.4, 0.5) is 4.79 Å². The number of ketones is 1. The predicted molar refractivity (Wildman–Crippen MR) is 221 cm³/mol. The second-order valence-electron chi connectivity index (χ2n) is 18.7. The Morgan fingerprint density at radius 2 is 1.63 bits per heavy atom. The van der Waals surface area contributed by atoms with Crippen LogP contribution in [-0.4, -0.2) is 112 Å². The van der Waals surface area contributed by atoms with E-state index in [9.17, 15) is 39.3 Å². The van der Waals surface area contributed by atoms with Gasteiger partial charge >= 0.3 is 30.0 Å². The number of thiophene rings is 1. The standard InChI is InChI=1S/C46H55NO15S/c1-23-28(59-41(54)34(50)33(29-16-11-19-63-29)47-42(55)58-27-14-9-10-15-27)21-46(56)38(61-40(53)25-12-7-6-8-13-25)36-44(5,30(49)20-31-45(36,22-57-31)62-24(2)48)37(51)35(32(23)43(46,3)4)60-39(52)26-17-18-26/h6-8,11-13,16,19,26-28,30-31,33-36,38,49-50,56H,9-10,14-15,17-18,20-22H2,1-5H3,(H,47,55)/t28-,30?,31+,33-,34+,35?,36?,38-,44+,45-,46+/m0/s1. The number of carbonyl (C=O) groups is 6. The number of esters is 4.